The maximum absolute atomic E-state index is 12.7. The second kappa shape index (κ2) is 8.25. The van der Waals surface area contributed by atoms with E-state index in [1.54, 1.807) is 17.0 Å². The summed E-state index contributed by atoms with van der Waals surface area (Å²) in [7, 11) is 0. The van der Waals surface area contributed by atoms with Gasteiger partial charge in [-0.3, -0.25) is 4.79 Å². The Bertz CT molecular complexity index is 863. The molecule has 0 fully saturated rings. The average Bonchev–Trinajstić information content (AvgIpc) is 2.69. The second-order valence-corrected chi connectivity index (χ2v) is 6.05. The molecule has 3 rings (SSSR count). The maximum Gasteiger partial charge on any atom is 0.274 e. The minimum atomic E-state index is -0.119. The molecule has 1 heterocycles. The lowest BCUT2D eigenvalue weighted by atomic mass is 10.2. The van der Waals surface area contributed by atoms with Gasteiger partial charge in [0, 0.05) is 18.8 Å². The summed E-state index contributed by atoms with van der Waals surface area (Å²) in [6.07, 6.45) is 0. The number of carbonyl (C=O) groups is 1. The first-order valence-electron chi connectivity index (χ1n) is 8.67. The van der Waals surface area contributed by atoms with Crippen LogP contribution in [0.15, 0.2) is 66.7 Å². The highest BCUT2D eigenvalue weighted by atomic mass is 16.2. The van der Waals surface area contributed by atoms with Gasteiger partial charge in [-0.15, -0.1) is 10.2 Å². The van der Waals surface area contributed by atoms with Crippen LogP contribution in [0.5, 0.6) is 0 Å². The number of hydrogen-bond donors (Lipinski definition) is 1. The Kier molecular flexibility index (Phi) is 5.59. The van der Waals surface area contributed by atoms with Gasteiger partial charge >= 0.3 is 0 Å². The van der Waals surface area contributed by atoms with Gasteiger partial charge in [-0.25, -0.2) is 0 Å². The highest BCUT2D eigenvalue weighted by Gasteiger charge is 2.16. The largest absolute Gasteiger partial charge is 0.339 e. The summed E-state index contributed by atoms with van der Waals surface area (Å²) < 4.78 is 0. The van der Waals surface area contributed by atoms with E-state index in [1.165, 1.54) is 0 Å². The quantitative estimate of drug-likeness (QED) is 0.727. The number of carbonyl (C=O) groups excluding carboxylic acids is 1. The third kappa shape index (κ3) is 4.25. The lowest BCUT2D eigenvalue weighted by Crippen LogP contribution is -2.31. The van der Waals surface area contributed by atoms with Crippen molar-refractivity contribution in [3.05, 3.63) is 83.6 Å². The van der Waals surface area contributed by atoms with Crippen LogP contribution in [0.25, 0.3) is 0 Å². The van der Waals surface area contributed by atoms with E-state index < -0.39 is 0 Å². The second-order valence-electron chi connectivity index (χ2n) is 6.05. The fraction of sp³-hybridized carbons (Fsp3) is 0.190. The molecule has 0 spiro atoms. The van der Waals surface area contributed by atoms with Gasteiger partial charge in [0.15, 0.2) is 11.5 Å². The van der Waals surface area contributed by atoms with Gasteiger partial charge in [-0.05, 0) is 43.2 Å². The number of anilines is 2. The molecule has 132 valence electrons. The molecule has 0 saturated carbocycles. The van der Waals surface area contributed by atoms with Crippen LogP contribution >= 0.6 is 0 Å². The summed E-state index contributed by atoms with van der Waals surface area (Å²) in [5, 5.41) is 11.5. The Morgan fingerprint density at radius 1 is 0.962 bits per heavy atom. The number of aromatic nitrogens is 2. The molecule has 2 aromatic carbocycles. The minimum absolute atomic E-state index is 0.119. The van der Waals surface area contributed by atoms with Gasteiger partial charge in [0.1, 0.15) is 0 Å². The molecule has 0 unspecified atom stereocenters. The number of nitrogens with zero attached hydrogens (tertiary/aromatic N) is 3. The predicted molar refractivity (Wildman–Crippen MR) is 103 cm³/mol. The molecule has 0 bridgehead atoms. The third-order valence-corrected chi connectivity index (χ3v) is 4.18. The zero-order chi connectivity index (χ0) is 18.4. The van der Waals surface area contributed by atoms with Gasteiger partial charge in [0.25, 0.3) is 5.91 Å². The van der Waals surface area contributed by atoms with E-state index in [9.17, 15) is 4.79 Å². The highest BCUT2D eigenvalue weighted by Crippen LogP contribution is 2.18. The number of hydrogen-bond acceptors (Lipinski definition) is 4. The van der Waals surface area contributed by atoms with E-state index in [-0.39, 0.29) is 5.91 Å². The molecule has 1 amide bonds. The van der Waals surface area contributed by atoms with E-state index in [4.69, 9.17) is 0 Å². The van der Waals surface area contributed by atoms with Crippen LogP contribution in [0, 0.1) is 6.92 Å². The minimum Gasteiger partial charge on any atom is -0.339 e. The molecule has 5 heteroatoms. The van der Waals surface area contributed by atoms with E-state index in [0.29, 0.717) is 24.6 Å². The summed E-state index contributed by atoms with van der Waals surface area (Å²) in [5.74, 6) is 0.494. The van der Waals surface area contributed by atoms with Crippen LogP contribution in [0.3, 0.4) is 0 Å². The lowest BCUT2D eigenvalue weighted by Gasteiger charge is -2.20. The first-order chi connectivity index (χ1) is 12.7. The van der Waals surface area contributed by atoms with Crippen LogP contribution in [-0.4, -0.2) is 27.5 Å². The molecule has 26 heavy (non-hydrogen) atoms. The molecule has 0 radical (unpaired) electrons. The molecule has 0 aliphatic heterocycles. The van der Waals surface area contributed by atoms with Crippen molar-refractivity contribution >= 4 is 17.4 Å². The Hall–Kier alpha value is -3.21. The molecular weight excluding hydrogens is 324 g/mol. The standard InChI is InChI=1S/C21H22N4O/c1-3-25(15-17-10-5-4-6-11-17)21(26)19-13-14-20(24-23-19)22-18-12-8-7-9-16(18)2/h4-14H,3,15H2,1-2H3,(H,22,24). The number of rotatable bonds is 6. The molecule has 5 nitrogen and oxygen atoms in total. The summed E-state index contributed by atoms with van der Waals surface area (Å²) in [6, 6.07) is 21.4. The Labute approximate surface area is 153 Å². The molecule has 0 saturated heterocycles. The van der Waals surface area contributed by atoms with E-state index in [1.807, 2.05) is 68.4 Å². The summed E-state index contributed by atoms with van der Waals surface area (Å²) in [5.41, 5.74) is 3.53. The highest BCUT2D eigenvalue weighted by molar-refractivity contribution is 5.92. The van der Waals surface area contributed by atoms with E-state index in [2.05, 4.69) is 15.5 Å². The molecule has 1 N–H and O–H groups in total. The average molecular weight is 346 g/mol. The van der Waals surface area contributed by atoms with Gasteiger partial charge in [0.2, 0.25) is 0 Å². The Morgan fingerprint density at radius 2 is 1.69 bits per heavy atom. The molecule has 0 aliphatic rings. The molecule has 1 aromatic heterocycles. The van der Waals surface area contributed by atoms with Crippen molar-refractivity contribution in [1.82, 2.24) is 15.1 Å². The first kappa shape index (κ1) is 17.6. The van der Waals surface area contributed by atoms with Crippen LogP contribution in [-0.2, 0) is 6.54 Å². The summed E-state index contributed by atoms with van der Waals surface area (Å²) in [4.78, 5) is 14.5. The monoisotopic (exact) mass is 346 g/mol. The molecule has 0 aliphatic carbocycles. The van der Waals surface area contributed by atoms with Crippen LogP contribution < -0.4 is 5.32 Å². The third-order valence-electron chi connectivity index (χ3n) is 4.18. The van der Waals surface area contributed by atoms with E-state index in [0.717, 1.165) is 16.8 Å². The predicted octanol–water partition coefficient (Wildman–Crippen LogP) is 4.19. The van der Waals surface area contributed by atoms with Crippen LogP contribution in [0.1, 0.15) is 28.5 Å². The first-order valence-corrected chi connectivity index (χ1v) is 8.67. The number of nitrogens with one attached hydrogen (secondary N) is 1. The molecular formula is C21H22N4O. The number of aryl methyl sites for hydroxylation is 1. The van der Waals surface area contributed by atoms with Crippen molar-refractivity contribution in [1.29, 1.82) is 0 Å². The topological polar surface area (TPSA) is 58.1 Å². The normalized spacial score (nSPS) is 10.4. The van der Waals surface area contributed by atoms with Gasteiger partial charge in [-0.1, -0.05) is 48.5 Å². The van der Waals surface area contributed by atoms with Crippen molar-refractivity contribution in [2.45, 2.75) is 20.4 Å². The van der Waals surface area contributed by atoms with Crippen molar-refractivity contribution in [3.63, 3.8) is 0 Å². The van der Waals surface area contributed by atoms with Crippen molar-refractivity contribution in [2.24, 2.45) is 0 Å². The van der Waals surface area contributed by atoms with Crippen molar-refractivity contribution in [2.75, 3.05) is 11.9 Å². The van der Waals surface area contributed by atoms with E-state index >= 15 is 0 Å². The number of amides is 1. The number of para-hydroxylation sites is 1. The van der Waals surface area contributed by atoms with Crippen LogP contribution in [0.4, 0.5) is 11.5 Å². The maximum atomic E-state index is 12.7. The lowest BCUT2D eigenvalue weighted by molar-refractivity contribution is 0.0745. The fourth-order valence-corrected chi connectivity index (χ4v) is 2.66. The summed E-state index contributed by atoms with van der Waals surface area (Å²) >= 11 is 0. The van der Waals surface area contributed by atoms with Gasteiger partial charge in [-0.2, -0.15) is 0 Å². The number of benzene rings is 2. The van der Waals surface area contributed by atoms with Gasteiger partial charge < -0.3 is 10.2 Å². The van der Waals surface area contributed by atoms with Crippen molar-refractivity contribution < 1.29 is 4.79 Å². The van der Waals surface area contributed by atoms with Crippen LogP contribution in [0.2, 0.25) is 0 Å². The zero-order valence-electron chi connectivity index (χ0n) is 15.0. The SMILES string of the molecule is CCN(Cc1ccccc1)C(=O)c1ccc(Nc2ccccc2C)nn1. The van der Waals surface area contributed by atoms with Gasteiger partial charge in [0.05, 0.1) is 0 Å². The Balaban J connectivity index is 1.70. The Morgan fingerprint density at radius 3 is 2.35 bits per heavy atom. The fourth-order valence-electron chi connectivity index (χ4n) is 2.66. The summed E-state index contributed by atoms with van der Waals surface area (Å²) in [6.45, 7) is 5.15. The molecule has 3 aromatic rings. The molecule has 0 atom stereocenters. The zero-order valence-corrected chi connectivity index (χ0v) is 15.0. The van der Waals surface area contributed by atoms with Crippen molar-refractivity contribution in [3.8, 4) is 0 Å². The smallest absolute Gasteiger partial charge is 0.274 e.